The third-order valence-electron chi connectivity index (χ3n) is 12.8. The summed E-state index contributed by atoms with van der Waals surface area (Å²) in [6.45, 7) is 17.3. The van der Waals surface area contributed by atoms with Gasteiger partial charge in [-0.25, -0.2) is 4.98 Å². The molecule has 0 unspecified atom stereocenters. The minimum Gasteiger partial charge on any atom is -0.458 e. The van der Waals surface area contributed by atoms with Crippen LogP contribution in [0.4, 0.5) is 0 Å². The average Bonchev–Trinajstić information content (AvgIpc) is 3.92. The van der Waals surface area contributed by atoms with Gasteiger partial charge in [0.25, 0.3) is 6.33 Å². The summed E-state index contributed by atoms with van der Waals surface area (Å²) >= 11 is 0. The van der Waals surface area contributed by atoms with Crippen LogP contribution in [0.1, 0.15) is 99.0 Å². The van der Waals surface area contributed by atoms with Crippen LogP contribution in [0.5, 0.6) is 11.5 Å². The number of benzene rings is 7. The Bertz CT molecular complexity index is 3700. The second kappa shape index (κ2) is 17.0. The Morgan fingerprint density at radius 1 is 0.636 bits per heavy atom. The molecule has 328 valence electrons. The molecular weight excluding hydrogens is 805 g/mol. The monoisotopic (exact) mass is 868 g/mol. The van der Waals surface area contributed by atoms with Gasteiger partial charge in [-0.05, 0) is 117 Å². The molecule has 0 N–H and O–H groups in total. The normalized spacial score (nSPS) is 13.6. The molecular formula is C61H58N4O. The number of aromatic nitrogens is 4. The van der Waals surface area contributed by atoms with Crippen molar-refractivity contribution in [3.63, 3.8) is 0 Å². The van der Waals surface area contributed by atoms with Crippen LogP contribution in [0.25, 0.3) is 72.3 Å². The van der Waals surface area contributed by atoms with Gasteiger partial charge in [-0.15, -0.1) is 0 Å². The quantitative estimate of drug-likeness (QED) is 0.101. The molecule has 7 aromatic carbocycles. The van der Waals surface area contributed by atoms with Gasteiger partial charge in [-0.3, -0.25) is 13.7 Å². The molecule has 3 aromatic heterocycles. The van der Waals surface area contributed by atoms with Crippen LogP contribution in [0, 0.1) is 6.33 Å². The third kappa shape index (κ3) is 7.87. The summed E-state index contributed by atoms with van der Waals surface area (Å²) in [5.41, 5.74) is 10.2. The van der Waals surface area contributed by atoms with Gasteiger partial charge in [0.1, 0.15) is 17.3 Å². The zero-order chi connectivity index (χ0) is 51.0. The molecule has 10 aromatic rings. The van der Waals surface area contributed by atoms with E-state index >= 15 is 0 Å². The number of imidazole rings is 1. The summed E-state index contributed by atoms with van der Waals surface area (Å²) in [7, 11) is 0. The highest BCUT2D eigenvalue weighted by Crippen LogP contribution is 2.40. The van der Waals surface area contributed by atoms with Crippen LogP contribution in [0.3, 0.4) is 0 Å². The largest absolute Gasteiger partial charge is 0.458 e. The van der Waals surface area contributed by atoms with Gasteiger partial charge in [0, 0.05) is 24.4 Å². The molecule has 10 rings (SSSR count). The summed E-state index contributed by atoms with van der Waals surface area (Å²) in [6, 6.07) is 45.0. The summed E-state index contributed by atoms with van der Waals surface area (Å²) in [6.07, 6.45) is 6.88. The van der Waals surface area contributed by atoms with E-state index in [1.54, 1.807) is 6.20 Å². The Hall–Kier alpha value is -7.24. The van der Waals surface area contributed by atoms with Crippen LogP contribution in [0.2, 0.25) is 0 Å². The van der Waals surface area contributed by atoms with Crippen LogP contribution in [0.15, 0.2) is 176 Å². The van der Waals surface area contributed by atoms with E-state index in [4.69, 9.17) is 13.8 Å². The smallest absolute Gasteiger partial charge is 0.269 e. The number of hydrogen-bond acceptors (Lipinski definition) is 2. The molecule has 66 heavy (non-hydrogen) atoms. The third-order valence-corrected chi connectivity index (χ3v) is 12.8. The summed E-state index contributed by atoms with van der Waals surface area (Å²) in [5, 5.41) is 2.15. The number of rotatable bonds is 10. The zero-order valence-corrected chi connectivity index (χ0v) is 39.0. The molecule has 3 heterocycles. The Balaban J connectivity index is 1.14. The van der Waals surface area contributed by atoms with Crippen molar-refractivity contribution in [2.75, 3.05) is 0 Å². The minimum absolute atomic E-state index is 0.111. The predicted molar refractivity (Wildman–Crippen MR) is 274 cm³/mol. The van der Waals surface area contributed by atoms with E-state index in [0.717, 1.165) is 72.2 Å². The predicted octanol–water partition coefficient (Wildman–Crippen LogP) is 15.8. The van der Waals surface area contributed by atoms with Gasteiger partial charge in [0.2, 0.25) is 0 Å². The first kappa shape index (κ1) is 36.0. The molecule has 0 saturated heterocycles. The van der Waals surface area contributed by atoms with Crippen LogP contribution in [-0.4, -0.2) is 14.1 Å². The Kier molecular flexibility index (Phi) is 9.26. The fraction of sp³-hybridized carbons (Fsp3) is 0.213. The molecule has 0 aliphatic carbocycles. The number of ether oxygens (including phenoxy) is 1. The van der Waals surface area contributed by atoms with Crippen LogP contribution in [-0.2, 0) is 10.8 Å². The van der Waals surface area contributed by atoms with E-state index in [-0.39, 0.29) is 28.5 Å². The van der Waals surface area contributed by atoms with E-state index in [0.29, 0.717) is 35.6 Å². The first-order valence-electron chi connectivity index (χ1n) is 25.9. The van der Waals surface area contributed by atoms with Gasteiger partial charge in [-0.2, -0.15) is 0 Å². The zero-order valence-electron chi connectivity index (χ0n) is 45.0. The second-order valence-corrected chi connectivity index (χ2v) is 19.1. The number of hydrogen-bond donors (Lipinski definition) is 0. The average molecular weight is 869 g/mol. The van der Waals surface area contributed by atoms with E-state index in [1.807, 2.05) is 112 Å². The van der Waals surface area contributed by atoms with E-state index < -0.39 is 24.0 Å². The van der Waals surface area contributed by atoms with Crippen molar-refractivity contribution in [3.8, 4) is 50.9 Å². The maximum absolute atomic E-state index is 9.22. The highest BCUT2D eigenvalue weighted by molar-refractivity contribution is 6.09. The lowest BCUT2D eigenvalue weighted by molar-refractivity contribution is -0.571. The van der Waals surface area contributed by atoms with Gasteiger partial charge < -0.3 is 4.74 Å². The van der Waals surface area contributed by atoms with Crippen LogP contribution < -0.4 is 9.30 Å². The van der Waals surface area contributed by atoms with E-state index in [2.05, 4.69) is 103 Å². The van der Waals surface area contributed by atoms with Crippen LogP contribution >= 0.6 is 0 Å². The van der Waals surface area contributed by atoms with Gasteiger partial charge >= 0.3 is 0 Å². The van der Waals surface area contributed by atoms with Gasteiger partial charge in [0.05, 0.1) is 40.3 Å². The van der Waals surface area contributed by atoms with Crippen molar-refractivity contribution < 1.29 is 17.5 Å². The lowest BCUT2D eigenvalue weighted by atomic mass is 9.78. The molecule has 0 spiro atoms. The highest BCUT2D eigenvalue weighted by Gasteiger charge is 2.25. The second-order valence-electron chi connectivity index (χ2n) is 19.1. The minimum atomic E-state index is -0.721. The fourth-order valence-electron chi connectivity index (χ4n) is 9.17. The molecule has 5 heteroatoms. The Labute approximate surface area is 398 Å². The van der Waals surface area contributed by atoms with Gasteiger partial charge in [0.15, 0.2) is 0 Å². The van der Waals surface area contributed by atoms with Crippen molar-refractivity contribution >= 4 is 32.8 Å². The number of para-hydroxylation sites is 4. The first-order chi connectivity index (χ1) is 34.3. The SMILES string of the molecule is [2H]c1c([2H])c([2H])c(-c2cccc(-c3cc(C(C)(C)C)cc(C(C)(C)C)c3)c2-[n+]2[c-]n(-c3cccc(Oc4ccc5c6ccccc6n(-c6cc(C([2H])(CC)CC)ccn6)c5c4)c3)c3ccccc32)c([2H])c1[2H]. The molecule has 0 amide bonds. The maximum Gasteiger partial charge on any atom is 0.269 e. The molecule has 0 radical (unpaired) electrons. The summed E-state index contributed by atoms with van der Waals surface area (Å²) in [5.74, 6) is 1.26. The lowest BCUT2D eigenvalue weighted by Gasteiger charge is -2.27. The molecule has 0 fully saturated rings. The maximum atomic E-state index is 9.22. The first-order valence-corrected chi connectivity index (χ1v) is 22.9. The summed E-state index contributed by atoms with van der Waals surface area (Å²) in [4.78, 5) is 4.85. The van der Waals surface area contributed by atoms with Crippen molar-refractivity contribution in [1.29, 1.82) is 0 Å². The number of pyridine rings is 1. The van der Waals surface area contributed by atoms with Crippen molar-refractivity contribution in [1.82, 2.24) is 14.1 Å². The van der Waals surface area contributed by atoms with E-state index in [9.17, 15) is 4.11 Å². The molecule has 0 aliphatic rings. The molecule has 5 nitrogen and oxygen atoms in total. The van der Waals surface area contributed by atoms with Crippen molar-refractivity contribution in [2.24, 2.45) is 0 Å². The molecule has 0 saturated carbocycles. The van der Waals surface area contributed by atoms with E-state index in [1.165, 1.54) is 0 Å². The summed E-state index contributed by atoms with van der Waals surface area (Å²) < 4.78 is 66.4. The van der Waals surface area contributed by atoms with Gasteiger partial charge in [-0.1, -0.05) is 171 Å². The Morgan fingerprint density at radius 2 is 1.29 bits per heavy atom. The molecule has 0 atom stereocenters. The number of nitrogens with zero attached hydrogens (tertiary/aromatic N) is 4. The highest BCUT2D eigenvalue weighted by atomic mass is 16.5. The topological polar surface area (TPSA) is 35.9 Å². The lowest BCUT2D eigenvalue weighted by Crippen LogP contribution is -2.31. The Morgan fingerprint density at radius 3 is 2.02 bits per heavy atom. The fourth-order valence-corrected chi connectivity index (χ4v) is 9.17. The standard InChI is InChI=1S/C61H58N4O/c1-9-41(10-2)43-32-33-62-58(36-43)65-54-27-15-14-24-52(54)53-31-30-49(39-57(53)65)66-48-23-18-22-47(38-48)63-40-64(56-29-17-16-28-55(56)63)59-50(42-20-12-11-13-21-42)25-19-26-51(59)44-34-45(60(3,4)5)37-46(35-44)61(6,7)8/h11-39,41H,9-10H2,1-8H3/i11D,12D,13D,20D,21D,41D. The van der Waals surface area contributed by atoms with Crippen molar-refractivity contribution in [3.05, 3.63) is 199 Å². The van der Waals surface area contributed by atoms with Crippen molar-refractivity contribution in [2.45, 2.75) is 85.0 Å². The molecule has 0 aliphatic heterocycles. The number of fused-ring (bicyclic) bond motifs is 4. The molecule has 0 bridgehead atoms.